The molecule has 2 aromatic rings. The van der Waals surface area contributed by atoms with Crippen LogP contribution in [0.3, 0.4) is 0 Å². The van der Waals surface area contributed by atoms with E-state index in [1.165, 1.54) is 36.0 Å². The summed E-state index contributed by atoms with van der Waals surface area (Å²) in [7, 11) is 1.97. The van der Waals surface area contributed by atoms with Crippen molar-refractivity contribution < 1.29 is 9.53 Å². The van der Waals surface area contributed by atoms with Gasteiger partial charge in [-0.05, 0) is 55.0 Å². The van der Waals surface area contributed by atoms with Gasteiger partial charge in [0.25, 0.3) is 0 Å². The summed E-state index contributed by atoms with van der Waals surface area (Å²) in [5, 5.41) is 6.64. The first-order chi connectivity index (χ1) is 14.7. The van der Waals surface area contributed by atoms with Crippen molar-refractivity contribution in [2.24, 2.45) is 0 Å². The van der Waals surface area contributed by atoms with Gasteiger partial charge in [-0.25, -0.2) is 4.79 Å². The third-order valence-electron chi connectivity index (χ3n) is 6.33. The van der Waals surface area contributed by atoms with E-state index < -0.39 is 0 Å². The van der Waals surface area contributed by atoms with Crippen LogP contribution >= 0.6 is 0 Å². The van der Waals surface area contributed by atoms with E-state index in [4.69, 9.17) is 4.74 Å². The minimum absolute atomic E-state index is 0.154. The topological polar surface area (TPSA) is 53.6 Å². The molecular formula is C25H33N3O2. The van der Waals surface area contributed by atoms with E-state index in [-0.39, 0.29) is 11.7 Å². The number of benzene rings is 2. The second-order valence-corrected chi connectivity index (χ2v) is 8.60. The zero-order valence-electron chi connectivity index (χ0n) is 18.0. The van der Waals surface area contributed by atoms with Crippen molar-refractivity contribution in [1.29, 1.82) is 0 Å². The summed E-state index contributed by atoms with van der Waals surface area (Å²) in [6.07, 6.45) is 5.45. The van der Waals surface area contributed by atoms with Gasteiger partial charge in [0.1, 0.15) is 5.60 Å². The van der Waals surface area contributed by atoms with Crippen LogP contribution < -0.4 is 10.6 Å². The lowest BCUT2D eigenvalue weighted by Gasteiger charge is -2.30. The number of hydrogen-bond donors (Lipinski definition) is 2. The number of likely N-dealkylation sites (N-methyl/N-ethyl adjacent to an activating group) is 1. The largest absolute Gasteiger partial charge is 0.441 e. The fourth-order valence-electron chi connectivity index (χ4n) is 4.67. The molecule has 0 radical (unpaired) electrons. The van der Waals surface area contributed by atoms with E-state index >= 15 is 0 Å². The third-order valence-corrected chi connectivity index (χ3v) is 6.33. The first kappa shape index (κ1) is 20.9. The van der Waals surface area contributed by atoms with Gasteiger partial charge in [-0.2, -0.15) is 0 Å². The molecule has 5 nitrogen and oxygen atoms in total. The molecule has 2 aromatic carbocycles. The molecule has 0 unspecified atom stereocenters. The number of hydrogen-bond acceptors (Lipinski definition) is 4. The van der Waals surface area contributed by atoms with Gasteiger partial charge in [-0.15, -0.1) is 0 Å². The summed E-state index contributed by atoms with van der Waals surface area (Å²) in [5.74, 6) is 0. The number of carbonyl (C=O) groups excluding carboxylic acids is 1. The Morgan fingerprint density at radius 2 is 1.77 bits per heavy atom. The molecule has 2 fully saturated rings. The van der Waals surface area contributed by atoms with Crippen molar-refractivity contribution in [2.45, 2.75) is 50.8 Å². The standard InChI is InChI=1S/C25H33N3O2/c1-26-15-16-27-17-22-7-3-4-8-23(22)21-11-9-20(10-12-21)18-28-19-25(30-24(28)29)13-5-2-6-14-25/h3-4,7-12,26-27H,2,5-6,13-19H2,1H3. The van der Waals surface area contributed by atoms with Crippen molar-refractivity contribution in [3.05, 3.63) is 59.7 Å². The molecule has 30 heavy (non-hydrogen) atoms. The van der Waals surface area contributed by atoms with Crippen molar-refractivity contribution in [3.63, 3.8) is 0 Å². The Hall–Kier alpha value is -2.37. The Balaban J connectivity index is 1.41. The smallest absolute Gasteiger partial charge is 0.410 e. The molecule has 0 bridgehead atoms. The Morgan fingerprint density at radius 1 is 1.00 bits per heavy atom. The highest BCUT2D eigenvalue weighted by Gasteiger charge is 2.45. The van der Waals surface area contributed by atoms with Gasteiger partial charge >= 0.3 is 6.09 Å². The van der Waals surface area contributed by atoms with E-state index in [9.17, 15) is 4.79 Å². The fraction of sp³-hybridized carbons (Fsp3) is 0.480. The Kier molecular flexibility index (Phi) is 6.70. The molecule has 2 aliphatic rings. The van der Waals surface area contributed by atoms with E-state index in [0.29, 0.717) is 6.54 Å². The highest BCUT2D eigenvalue weighted by molar-refractivity contribution is 5.71. The van der Waals surface area contributed by atoms with Gasteiger partial charge in [0.05, 0.1) is 6.54 Å². The zero-order chi connectivity index (χ0) is 20.8. The summed E-state index contributed by atoms with van der Waals surface area (Å²) in [4.78, 5) is 14.3. The molecular weight excluding hydrogens is 374 g/mol. The lowest BCUT2D eigenvalue weighted by atomic mass is 9.85. The van der Waals surface area contributed by atoms with Gasteiger partial charge in [-0.3, -0.25) is 4.90 Å². The van der Waals surface area contributed by atoms with Gasteiger partial charge in [-0.1, -0.05) is 55.0 Å². The first-order valence-electron chi connectivity index (χ1n) is 11.2. The number of ether oxygens (including phenoxy) is 1. The molecule has 1 aliphatic carbocycles. The van der Waals surface area contributed by atoms with Crippen LogP contribution in [-0.2, 0) is 17.8 Å². The predicted molar refractivity (Wildman–Crippen MR) is 120 cm³/mol. The van der Waals surface area contributed by atoms with Crippen LogP contribution in [0, 0.1) is 0 Å². The summed E-state index contributed by atoms with van der Waals surface area (Å²) in [6, 6.07) is 17.1. The minimum Gasteiger partial charge on any atom is -0.441 e. The predicted octanol–water partition coefficient (Wildman–Crippen LogP) is 4.32. The molecule has 160 valence electrons. The number of amides is 1. The van der Waals surface area contributed by atoms with Crippen LogP contribution in [0.25, 0.3) is 11.1 Å². The molecule has 0 atom stereocenters. The van der Waals surface area contributed by atoms with Gasteiger partial charge in [0.2, 0.25) is 0 Å². The van der Waals surface area contributed by atoms with Crippen molar-refractivity contribution in [1.82, 2.24) is 15.5 Å². The van der Waals surface area contributed by atoms with E-state index in [1.807, 2.05) is 11.9 Å². The second-order valence-electron chi connectivity index (χ2n) is 8.60. The molecule has 4 rings (SSSR count). The van der Waals surface area contributed by atoms with Crippen LogP contribution in [0.4, 0.5) is 4.79 Å². The molecule has 1 saturated carbocycles. The fourth-order valence-corrected chi connectivity index (χ4v) is 4.67. The maximum Gasteiger partial charge on any atom is 0.410 e. The minimum atomic E-state index is -0.228. The third kappa shape index (κ3) is 4.85. The molecule has 1 amide bonds. The van der Waals surface area contributed by atoms with Crippen LogP contribution in [0.1, 0.15) is 43.2 Å². The molecule has 1 aliphatic heterocycles. The Morgan fingerprint density at radius 3 is 2.53 bits per heavy atom. The maximum absolute atomic E-state index is 12.4. The first-order valence-corrected chi connectivity index (χ1v) is 11.2. The van der Waals surface area contributed by atoms with Crippen molar-refractivity contribution >= 4 is 6.09 Å². The van der Waals surface area contributed by atoms with Crippen LogP contribution in [-0.4, -0.2) is 43.3 Å². The summed E-state index contributed by atoms with van der Waals surface area (Å²) < 4.78 is 5.81. The monoisotopic (exact) mass is 407 g/mol. The van der Waals surface area contributed by atoms with E-state index in [2.05, 4.69) is 59.2 Å². The normalized spacial score (nSPS) is 18.0. The van der Waals surface area contributed by atoms with Crippen molar-refractivity contribution in [3.8, 4) is 11.1 Å². The van der Waals surface area contributed by atoms with Crippen LogP contribution in [0.2, 0.25) is 0 Å². The van der Waals surface area contributed by atoms with Gasteiger partial charge < -0.3 is 15.4 Å². The summed E-state index contributed by atoms with van der Waals surface area (Å²) in [5.41, 5.74) is 4.67. The summed E-state index contributed by atoms with van der Waals surface area (Å²) in [6.45, 7) is 4.10. The van der Waals surface area contributed by atoms with E-state index in [0.717, 1.165) is 44.6 Å². The van der Waals surface area contributed by atoms with Gasteiger partial charge in [0, 0.05) is 26.2 Å². The average molecular weight is 408 g/mol. The van der Waals surface area contributed by atoms with Crippen molar-refractivity contribution in [2.75, 3.05) is 26.7 Å². The maximum atomic E-state index is 12.4. The number of rotatable bonds is 8. The lowest BCUT2D eigenvalue weighted by Crippen LogP contribution is -2.36. The Labute approximate surface area is 179 Å². The molecule has 1 spiro atoms. The number of carbonyl (C=O) groups is 1. The average Bonchev–Trinajstić information content (AvgIpc) is 3.06. The zero-order valence-corrected chi connectivity index (χ0v) is 18.0. The van der Waals surface area contributed by atoms with E-state index in [1.54, 1.807) is 0 Å². The summed E-state index contributed by atoms with van der Waals surface area (Å²) >= 11 is 0. The van der Waals surface area contributed by atoms with Crippen LogP contribution in [0.5, 0.6) is 0 Å². The highest BCUT2D eigenvalue weighted by Crippen LogP contribution is 2.37. The van der Waals surface area contributed by atoms with Crippen LogP contribution in [0.15, 0.2) is 48.5 Å². The molecule has 2 N–H and O–H groups in total. The lowest BCUT2D eigenvalue weighted by molar-refractivity contribution is 0.0260. The quantitative estimate of drug-likeness (QED) is 0.640. The van der Waals surface area contributed by atoms with Gasteiger partial charge in [0.15, 0.2) is 0 Å². The molecule has 0 aromatic heterocycles. The molecule has 1 saturated heterocycles. The molecule has 5 heteroatoms. The second kappa shape index (κ2) is 9.63. The highest BCUT2D eigenvalue weighted by atomic mass is 16.6. The number of nitrogens with one attached hydrogen (secondary N) is 2. The number of nitrogens with zero attached hydrogens (tertiary/aromatic N) is 1. The molecule has 1 heterocycles. The SMILES string of the molecule is CNCCNCc1ccccc1-c1ccc(CN2CC3(CCCCC3)OC2=O)cc1. The Bertz CT molecular complexity index is 844.